The van der Waals surface area contributed by atoms with Gasteiger partial charge in [-0.25, -0.2) is 4.39 Å². The van der Waals surface area contributed by atoms with Crippen molar-refractivity contribution in [3.05, 3.63) is 34.7 Å². The molecule has 0 aliphatic carbocycles. The molecule has 0 amide bonds. The Morgan fingerprint density at radius 1 is 1.43 bits per heavy atom. The summed E-state index contributed by atoms with van der Waals surface area (Å²) in [4.78, 5) is 0. The first kappa shape index (κ1) is 9.68. The lowest BCUT2D eigenvalue weighted by Gasteiger charge is -2.04. The number of hydrogen-bond donors (Lipinski definition) is 1. The Kier molecular flexibility index (Phi) is 2.56. The molecule has 0 saturated carbocycles. The minimum atomic E-state index is -0.195. The lowest BCUT2D eigenvalue weighted by molar-refractivity contribution is 0.639. The first-order valence-corrected chi connectivity index (χ1v) is 5.16. The molecule has 0 atom stereocenters. The second-order valence-electron chi connectivity index (χ2n) is 3.08. The van der Waals surface area contributed by atoms with Gasteiger partial charge in [0.2, 0.25) is 0 Å². The average molecular weight is 257 g/mol. The molecule has 0 bridgehead atoms. The minimum Gasteiger partial charge on any atom is -0.334 e. The molecule has 0 unspecified atom stereocenters. The van der Waals surface area contributed by atoms with Crippen LogP contribution in [0.4, 0.5) is 4.39 Å². The predicted molar refractivity (Wildman–Crippen MR) is 58.7 cm³/mol. The first-order valence-electron chi connectivity index (χ1n) is 4.37. The molecular weight excluding hydrogens is 247 g/mol. The van der Waals surface area contributed by atoms with Crippen LogP contribution in [0.5, 0.6) is 0 Å². The molecule has 4 heteroatoms. The van der Waals surface area contributed by atoms with Crippen molar-refractivity contribution < 1.29 is 4.39 Å². The molecule has 2 aromatic rings. The van der Waals surface area contributed by atoms with E-state index in [4.69, 9.17) is 5.73 Å². The van der Waals surface area contributed by atoms with Gasteiger partial charge in [0.15, 0.2) is 0 Å². The molecule has 74 valence electrons. The third-order valence-electron chi connectivity index (χ3n) is 2.19. The standard InChI is InChI=1S/C10H10BrFN2/c11-10-6-7-8(12)2-1-3-9(7)14(10)5-4-13/h1-3,6H,4-5,13H2. The van der Waals surface area contributed by atoms with Crippen LogP contribution in [0, 0.1) is 5.82 Å². The van der Waals surface area contributed by atoms with E-state index in [0.29, 0.717) is 18.5 Å². The fourth-order valence-corrected chi connectivity index (χ4v) is 2.17. The number of fused-ring (bicyclic) bond motifs is 1. The predicted octanol–water partition coefficient (Wildman–Crippen LogP) is 2.50. The molecule has 14 heavy (non-hydrogen) atoms. The van der Waals surface area contributed by atoms with Gasteiger partial charge in [0, 0.05) is 18.5 Å². The SMILES string of the molecule is NCCn1c(Br)cc2c(F)cccc21. The van der Waals surface area contributed by atoms with Crippen molar-refractivity contribution in [3.63, 3.8) is 0 Å². The molecule has 1 aromatic carbocycles. The third kappa shape index (κ3) is 1.44. The van der Waals surface area contributed by atoms with Crippen LogP contribution in [0.15, 0.2) is 28.9 Å². The highest BCUT2D eigenvalue weighted by molar-refractivity contribution is 9.10. The number of nitrogens with two attached hydrogens (primary N) is 1. The highest BCUT2D eigenvalue weighted by atomic mass is 79.9. The van der Waals surface area contributed by atoms with E-state index >= 15 is 0 Å². The van der Waals surface area contributed by atoms with Crippen LogP contribution in [0.3, 0.4) is 0 Å². The smallest absolute Gasteiger partial charge is 0.132 e. The zero-order valence-electron chi connectivity index (χ0n) is 7.50. The molecule has 1 heterocycles. The fourth-order valence-electron chi connectivity index (χ4n) is 1.57. The lowest BCUT2D eigenvalue weighted by atomic mass is 10.2. The van der Waals surface area contributed by atoms with Crippen molar-refractivity contribution in [3.8, 4) is 0 Å². The van der Waals surface area contributed by atoms with E-state index in [2.05, 4.69) is 15.9 Å². The lowest BCUT2D eigenvalue weighted by Crippen LogP contribution is -2.09. The summed E-state index contributed by atoms with van der Waals surface area (Å²) in [6.45, 7) is 1.23. The number of aromatic nitrogens is 1. The topological polar surface area (TPSA) is 30.9 Å². The maximum absolute atomic E-state index is 13.4. The van der Waals surface area contributed by atoms with Crippen molar-refractivity contribution in [1.29, 1.82) is 0 Å². The second-order valence-corrected chi connectivity index (χ2v) is 3.89. The van der Waals surface area contributed by atoms with Crippen LogP contribution >= 0.6 is 15.9 Å². The highest BCUT2D eigenvalue weighted by Gasteiger charge is 2.08. The molecule has 1 aromatic heterocycles. The molecule has 0 aliphatic heterocycles. The quantitative estimate of drug-likeness (QED) is 0.880. The van der Waals surface area contributed by atoms with Crippen LogP contribution < -0.4 is 5.73 Å². The number of benzene rings is 1. The number of nitrogens with zero attached hydrogens (tertiary/aromatic N) is 1. The van der Waals surface area contributed by atoms with Crippen molar-refractivity contribution in [2.75, 3.05) is 6.54 Å². The Labute approximate surface area is 89.6 Å². The summed E-state index contributed by atoms with van der Waals surface area (Å²) in [5.41, 5.74) is 6.36. The van der Waals surface area contributed by atoms with E-state index in [1.54, 1.807) is 12.1 Å². The largest absolute Gasteiger partial charge is 0.334 e. The van der Waals surface area contributed by atoms with E-state index in [1.807, 2.05) is 10.6 Å². The Hall–Kier alpha value is -0.870. The van der Waals surface area contributed by atoms with Crippen LogP contribution in [-0.2, 0) is 6.54 Å². The van der Waals surface area contributed by atoms with Gasteiger partial charge in [0.1, 0.15) is 5.82 Å². The number of hydrogen-bond acceptors (Lipinski definition) is 1. The Morgan fingerprint density at radius 2 is 2.21 bits per heavy atom. The first-order chi connectivity index (χ1) is 6.74. The highest BCUT2D eigenvalue weighted by Crippen LogP contribution is 2.25. The molecule has 2 N–H and O–H groups in total. The van der Waals surface area contributed by atoms with Crippen molar-refractivity contribution >= 4 is 26.8 Å². The Morgan fingerprint density at radius 3 is 2.93 bits per heavy atom. The Balaban J connectivity index is 2.70. The van der Waals surface area contributed by atoms with Crippen molar-refractivity contribution in [2.45, 2.75) is 6.54 Å². The van der Waals surface area contributed by atoms with E-state index < -0.39 is 0 Å². The summed E-state index contributed by atoms with van der Waals surface area (Å²) in [6.07, 6.45) is 0. The molecule has 0 radical (unpaired) electrons. The number of rotatable bonds is 2. The van der Waals surface area contributed by atoms with Gasteiger partial charge in [-0.3, -0.25) is 0 Å². The van der Waals surface area contributed by atoms with E-state index in [1.165, 1.54) is 6.07 Å². The summed E-state index contributed by atoms with van der Waals surface area (Å²) in [7, 11) is 0. The number of halogens is 2. The van der Waals surface area contributed by atoms with Gasteiger partial charge in [-0.2, -0.15) is 0 Å². The van der Waals surface area contributed by atoms with Gasteiger partial charge in [-0.1, -0.05) is 6.07 Å². The monoisotopic (exact) mass is 256 g/mol. The van der Waals surface area contributed by atoms with Crippen molar-refractivity contribution in [1.82, 2.24) is 4.57 Å². The molecule has 0 fully saturated rings. The fraction of sp³-hybridized carbons (Fsp3) is 0.200. The van der Waals surface area contributed by atoms with Gasteiger partial charge in [0.05, 0.1) is 10.1 Å². The molecule has 2 rings (SSSR count). The summed E-state index contributed by atoms with van der Waals surface area (Å²) in [6, 6.07) is 6.83. The van der Waals surface area contributed by atoms with Gasteiger partial charge < -0.3 is 10.3 Å². The second kappa shape index (κ2) is 3.71. The van der Waals surface area contributed by atoms with E-state index in [0.717, 1.165) is 10.1 Å². The van der Waals surface area contributed by atoms with Crippen LogP contribution in [-0.4, -0.2) is 11.1 Å². The van der Waals surface area contributed by atoms with Gasteiger partial charge in [0.25, 0.3) is 0 Å². The summed E-state index contributed by atoms with van der Waals surface area (Å²) in [5.74, 6) is -0.195. The molecule has 0 saturated heterocycles. The minimum absolute atomic E-state index is 0.195. The van der Waals surface area contributed by atoms with Crippen LogP contribution in [0.1, 0.15) is 0 Å². The third-order valence-corrected chi connectivity index (χ3v) is 2.85. The maximum atomic E-state index is 13.4. The summed E-state index contributed by atoms with van der Waals surface area (Å²) < 4.78 is 16.2. The molecule has 0 aliphatic rings. The van der Waals surface area contributed by atoms with Gasteiger partial charge >= 0.3 is 0 Å². The van der Waals surface area contributed by atoms with E-state index in [9.17, 15) is 4.39 Å². The van der Waals surface area contributed by atoms with Gasteiger partial charge in [-0.15, -0.1) is 0 Å². The Bertz CT molecular complexity index is 464. The van der Waals surface area contributed by atoms with Gasteiger partial charge in [-0.05, 0) is 34.1 Å². The summed E-state index contributed by atoms with van der Waals surface area (Å²) in [5, 5.41) is 0.632. The van der Waals surface area contributed by atoms with E-state index in [-0.39, 0.29) is 5.82 Å². The molecular formula is C10H10BrFN2. The van der Waals surface area contributed by atoms with Crippen LogP contribution in [0.25, 0.3) is 10.9 Å². The zero-order chi connectivity index (χ0) is 10.1. The van der Waals surface area contributed by atoms with Crippen LogP contribution in [0.2, 0.25) is 0 Å². The van der Waals surface area contributed by atoms with Crippen molar-refractivity contribution in [2.24, 2.45) is 5.73 Å². The maximum Gasteiger partial charge on any atom is 0.132 e. The zero-order valence-corrected chi connectivity index (χ0v) is 9.09. The molecule has 2 nitrogen and oxygen atoms in total. The summed E-state index contributed by atoms with van der Waals surface area (Å²) >= 11 is 3.39. The molecule has 0 spiro atoms. The average Bonchev–Trinajstić information content (AvgIpc) is 2.47. The normalized spacial score (nSPS) is 11.1.